The standard InChI is InChI=1S/C16H12F2O2S/c17-13-7-5-12(11(9-13)6-8-16(19)20)10-21-15-4-2-1-3-14(15)18/h1-9H,10H2,(H,19,20). The highest BCUT2D eigenvalue weighted by Gasteiger charge is 2.06. The third-order valence-corrected chi connectivity index (χ3v) is 3.83. The van der Waals surface area contributed by atoms with Crippen molar-refractivity contribution in [3.05, 3.63) is 71.3 Å². The number of carbonyl (C=O) groups is 1. The molecule has 0 spiro atoms. The lowest BCUT2D eigenvalue weighted by molar-refractivity contribution is -0.131. The Balaban J connectivity index is 2.20. The van der Waals surface area contributed by atoms with E-state index < -0.39 is 11.8 Å². The van der Waals surface area contributed by atoms with Crippen molar-refractivity contribution in [1.29, 1.82) is 0 Å². The van der Waals surface area contributed by atoms with Crippen LogP contribution in [0.15, 0.2) is 53.4 Å². The Bertz CT molecular complexity index is 684. The van der Waals surface area contributed by atoms with Crippen LogP contribution in [0.1, 0.15) is 11.1 Å². The molecule has 2 aromatic rings. The van der Waals surface area contributed by atoms with Gasteiger partial charge in [-0.3, -0.25) is 0 Å². The van der Waals surface area contributed by atoms with Gasteiger partial charge in [0.15, 0.2) is 0 Å². The average Bonchev–Trinajstić information content (AvgIpc) is 2.45. The molecule has 0 saturated carbocycles. The Labute approximate surface area is 125 Å². The molecule has 0 atom stereocenters. The second-order valence-corrected chi connectivity index (χ2v) is 5.25. The molecule has 0 heterocycles. The van der Waals surface area contributed by atoms with Gasteiger partial charge < -0.3 is 5.11 Å². The van der Waals surface area contributed by atoms with Gasteiger partial charge in [0.25, 0.3) is 0 Å². The summed E-state index contributed by atoms with van der Waals surface area (Å²) in [4.78, 5) is 11.1. The van der Waals surface area contributed by atoms with Crippen LogP contribution in [-0.2, 0) is 10.5 Å². The van der Waals surface area contributed by atoms with Crippen molar-refractivity contribution in [2.75, 3.05) is 0 Å². The first kappa shape index (κ1) is 15.3. The topological polar surface area (TPSA) is 37.3 Å². The fraction of sp³-hybridized carbons (Fsp3) is 0.0625. The number of halogens is 2. The van der Waals surface area contributed by atoms with Gasteiger partial charge in [-0.25, -0.2) is 13.6 Å². The lowest BCUT2D eigenvalue weighted by atomic mass is 10.1. The predicted octanol–water partition coefficient (Wildman–Crippen LogP) is 4.35. The lowest BCUT2D eigenvalue weighted by Crippen LogP contribution is -1.91. The van der Waals surface area contributed by atoms with Crippen LogP contribution in [0.25, 0.3) is 6.08 Å². The summed E-state index contributed by atoms with van der Waals surface area (Å²) in [6.07, 6.45) is 2.29. The lowest BCUT2D eigenvalue weighted by Gasteiger charge is -2.07. The molecule has 5 heteroatoms. The van der Waals surface area contributed by atoms with E-state index in [1.807, 2.05) is 0 Å². The van der Waals surface area contributed by atoms with Crippen molar-refractivity contribution < 1.29 is 18.7 Å². The zero-order valence-corrected chi connectivity index (χ0v) is 11.7. The minimum absolute atomic E-state index is 0.313. The highest BCUT2D eigenvalue weighted by Crippen LogP contribution is 2.27. The summed E-state index contributed by atoms with van der Waals surface area (Å²) >= 11 is 1.28. The number of carboxylic acids is 1. The van der Waals surface area contributed by atoms with E-state index in [4.69, 9.17) is 5.11 Å². The van der Waals surface area contributed by atoms with E-state index in [9.17, 15) is 13.6 Å². The van der Waals surface area contributed by atoms with Crippen LogP contribution >= 0.6 is 11.8 Å². The van der Waals surface area contributed by atoms with Gasteiger partial charge in [-0.1, -0.05) is 18.2 Å². The fourth-order valence-electron chi connectivity index (χ4n) is 1.73. The van der Waals surface area contributed by atoms with Gasteiger partial charge in [0.05, 0.1) is 0 Å². The van der Waals surface area contributed by atoms with E-state index in [0.717, 1.165) is 11.6 Å². The molecule has 0 amide bonds. The summed E-state index contributed by atoms with van der Waals surface area (Å²) in [6, 6.07) is 10.5. The van der Waals surface area contributed by atoms with Gasteiger partial charge in [-0.05, 0) is 41.5 Å². The van der Waals surface area contributed by atoms with E-state index in [-0.39, 0.29) is 5.82 Å². The van der Waals surface area contributed by atoms with Crippen LogP contribution in [0.4, 0.5) is 8.78 Å². The molecule has 2 aromatic carbocycles. The number of thioether (sulfide) groups is 1. The van der Waals surface area contributed by atoms with Crippen LogP contribution in [0.5, 0.6) is 0 Å². The van der Waals surface area contributed by atoms with Gasteiger partial charge in [0.1, 0.15) is 11.6 Å². The summed E-state index contributed by atoms with van der Waals surface area (Å²) in [5.41, 5.74) is 1.21. The second-order valence-electron chi connectivity index (χ2n) is 4.23. The maximum atomic E-state index is 13.5. The molecule has 0 aliphatic rings. The Kier molecular flexibility index (Phi) is 5.11. The third kappa shape index (κ3) is 4.43. The third-order valence-electron chi connectivity index (χ3n) is 2.73. The number of hydrogen-bond donors (Lipinski definition) is 1. The molecule has 0 unspecified atom stereocenters. The highest BCUT2D eigenvalue weighted by atomic mass is 32.2. The van der Waals surface area contributed by atoms with Crippen molar-refractivity contribution in [3.8, 4) is 0 Å². The van der Waals surface area contributed by atoms with Gasteiger partial charge >= 0.3 is 5.97 Å². The molecule has 1 N–H and O–H groups in total. The Morgan fingerprint density at radius 3 is 2.67 bits per heavy atom. The normalized spacial score (nSPS) is 11.0. The Hall–Kier alpha value is -2.14. The van der Waals surface area contributed by atoms with E-state index in [1.54, 1.807) is 24.3 Å². The van der Waals surface area contributed by atoms with E-state index in [2.05, 4.69) is 0 Å². The predicted molar refractivity (Wildman–Crippen MR) is 79.0 cm³/mol. The second kappa shape index (κ2) is 7.04. The first-order chi connectivity index (χ1) is 10.1. The van der Waals surface area contributed by atoms with Crippen molar-refractivity contribution in [1.82, 2.24) is 0 Å². The van der Waals surface area contributed by atoms with E-state index in [1.165, 1.54) is 36.0 Å². The zero-order valence-electron chi connectivity index (χ0n) is 10.9. The minimum atomic E-state index is -1.10. The summed E-state index contributed by atoms with van der Waals surface area (Å²) in [7, 11) is 0. The van der Waals surface area contributed by atoms with Crippen LogP contribution < -0.4 is 0 Å². The molecule has 0 radical (unpaired) electrons. The van der Waals surface area contributed by atoms with Crippen molar-refractivity contribution in [2.24, 2.45) is 0 Å². The average molecular weight is 306 g/mol. The van der Waals surface area contributed by atoms with Crippen LogP contribution in [0.3, 0.4) is 0 Å². The molecule has 0 bridgehead atoms. The van der Waals surface area contributed by atoms with Gasteiger partial charge in [-0.2, -0.15) is 0 Å². The molecule has 2 nitrogen and oxygen atoms in total. The molecule has 2 rings (SSSR count). The highest BCUT2D eigenvalue weighted by molar-refractivity contribution is 7.98. The van der Waals surface area contributed by atoms with Gasteiger partial charge in [-0.15, -0.1) is 11.8 Å². The molecule has 0 fully saturated rings. The summed E-state index contributed by atoms with van der Waals surface area (Å²) in [5, 5.41) is 8.64. The summed E-state index contributed by atoms with van der Waals surface area (Å²) < 4.78 is 26.8. The van der Waals surface area contributed by atoms with Crippen LogP contribution in [0.2, 0.25) is 0 Å². The van der Waals surface area contributed by atoms with Gasteiger partial charge in [0.2, 0.25) is 0 Å². The first-order valence-electron chi connectivity index (χ1n) is 6.13. The number of aliphatic carboxylic acids is 1. The molecule has 0 aromatic heterocycles. The summed E-state index contributed by atoms with van der Waals surface area (Å²) in [5.74, 6) is -1.44. The molecular weight excluding hydrogens is 294 g/mol. The SMILES string of the molecule is O=C(O)C=Cc1cc(F)ccc1CSc1ccccc1F. The zero-order chi connectivity index (χ0) is 15.2. The largest absolute Gasteiger partial charge is 0.478 e. The maximum Gasteiger partial charge on any atom is 0.328 e. The van der Waals surface area contributed by atoms with Crippen molar-refractivity contribution in [2.45, 2.75) is 10.6 Å². The van der Waals surface area contributed by atoms with E-state index in [0.29, 0.717) is 16.2 Å². The monoisotopic (exact) mass is 306 g/mol. The fourth-order valence-corrected chi connectivity index (χ4v) is 2.69. The van der Waals surface area contributed by atoms with Crippen molar-refractivity contribution >= 4 is 23.8 Å². The van der Waals surface area contributed by atoms with Crippen molar-refractivity contribution in [3.63, 3.8) is 0 Å². The molecule has 108 valence electrons. The van der Waals surface area contributed by atoms with Gasteiger partial charge in [0, 0.05) is 16.7 Å². The smallest absolute Gasteiger partial charge is 0.328 e. The molecule has 0 saturated heterocycles. The molecular formula is C16H12F2O2S. The van der Waals surface area contributed by atoms with Crippen LogP contribution in [0, 0.1) is 11.6 Å². The number of carboxylic acid groups (broad SMARTS) is 1. The maximum absolute atomic E-state index is 13.5. The number of hydrogen-bond acceptors (Lipinski definition) is 2. The molecule has 0 aliphatic heterocycles. The minimum Gasteiger partial charge on any atom is -0.478 e. The number of benzene rings is 2. The summed E-state index contributed by atoms with van der Waals surface area (Å²) in [6.45, 7) is 0. The molecule has 21 heavy (non-hydrogen) atoms. The molecule has 0 aliphatic carbocycles. The number of rotatable bonds is 5. The van der Waals surface area contributed by atoms with Crippen LogP contribution in [-0.4, -0.2) is 11.1 Å². The first-order valence-corrected chi connectivity index (χ1v) is 7.11. The Morgan fingerprint density at radius 1 is 1.19 bits per heavy atom. The Morgan fingerprint density at radius 2 is 1.95 bits per heavy atom. The quantitative estimate of drug-likeness (QED) is 0.659. The van der Waals surface area contributed by atoms with E-state index >= 15 is 0 Å².